The normalized spacial score (nSPS) is 10.1. The Morgan fingerprint density at radius 2 is 2.15 bits per heavy atom. The van der Waals surface area contributed by atoms with E-state index >= 15 is 0 Å². The van der Waals surface area contributed by atoms with Crippen molar-refractivity contribution in [2.45, 2.75) is 6.54 Å². The molecule has 0 spiro atoms. The highest BCUT2D eigenvalue weighted by molar-refractivity contribution is 5.61. The number of pyridine rings is 2. The molecule has 0 aromatic carbocycles. The fourth-order valence-corrected chi connectivity index (χ4v) is 1.81. The van der Waals surface area contributed by atoms with Gasteiger partial charge in [-0.15, -0.1) is 0 Å². The molecule has 104 valence electrons. The molecule has 0 aliphatic rings. The second-order valence-electron chi connectivity index (χ2n) is 4.22. The van der Waals surface area contributed by atoms with Crippen molar-refractivity contribution >= 4 is 17.3 Å². The molecule has 0 aliphatic heterocycles. The molecule has 0 bridgehead atoms. The zero-order chi connectivity index (χ0) is 14.5. The maximum atomic E-state index is 11.1. The molecular formula is C13H15N5O2. The first-order valence-electron chi connectivity index (χ1n) is 6.06. The van der Waals surface area contributed by atoms with Crippen molar-refractivity contribution in [1.82, 2.24) is 9.97 Å². The predicted molar refractivity (Wildman–Crippen MR) is 76.8 cm³/mol. The molecule has 7 nitrogen and oxygen atoms in total. The van der Waals surface area contributed by atoms with Crippen LogP contribution in [0, 0.1) is 10.1 Å². The third kappa shape index (κ3) is 3.00. The van der Waals surface area contributed by atoms with Crippen molar-refractivity contribution in [3.8, 4) is 0 Å². The van der Waals surface area contributed by atoms with E-state index in [2.05, 4.69) is 15.3 Å². The molecular weight excluding hydrogens is 258 g/mol. The van der Waals surface area contributed by atoms with Gasteiger partial charge in [-0.3, -0.25) is 15.1 Å². The maximum Gasteiger partial charge on any atom is 0.311 e. The van der Waals surface area contributed by atoms with Crippen LogP contribution < -0.4 is 10.2 Å². The highest BCUT2D eigenvalue weighted by atomic mass is 16.6. The van der Waals surface area contributed by atoms with Crippen LogP contribution in [0.25, 0.3) is 0 Å². The lowest BCUT2D eigenvalue weighted by Crippen LogP contribution is -2.20. The van der Waals surface area contributed by atoms with E-state index < -0.39 is 4.92 Å². The molecule has 0 atom stereocenters. The lowest BCUT2D eigenvalue weighted by Gasteiger charge is -2.18. The Hall–Kier alpha value is -2.70. The maximum absolute atomic E-state index is 11.1. The van der Waals surface area contributed by atoms with Gasteiger partial charge in [-0.2, -0.15) is 0 Å². The van der Waals surface area contributed by atoms with Crippen molar-refractivity contribution in [3.05, 3.63) is 52.3 Å². The van der Waals surface area contributed by atoms with Gasteiger partial charge in [0.25, 0.3) is 0 Å². The Morgan fingerprint density at radius 1 is 1.35 bits per heavy atom. The molecule has 0 aliphatic carbocycles. The standard InChI is InChI=1S/C13H15N5O2/c1-14-12-7-6-11(18(19)20)13(16-12)17(2)9-10-5-3-4-8-15-10/h3-8H,9H2,1-2H3,(H,14,16). The number of hydrogen-bond acceptors (Lipinski definition) is 6. The number of hydrogen-bond donors (Lipinski definition) is 1. The third-order valence-electron chi connectivity index (χ3n) is 2.79. The lowest BCUT2D eigenvalue weighted by atomic mass is 10.3. The molecule has 7 heteroatoms. The zero-order valence-electron chi connectivity index (χ0n) is 11.3. The van der Waals surface area contributed by atoms with E-state index in [0.29, 0.717) is 18.2 Å². The minimum absolute atomic E-state index is 0.0255. The second-order valence-corrected chi connectivity index (χ2v) is 4.22. The van der Waals surface area contributed by atoms with Gasteiger partial charge < -0.3 is 10.2 Å². The summed E-state index contributed by atoms with van der Waals surface area (Å²) in [7, 11) is 3.47. The zero-order valence-corrected chi connectivity index (χ0v) is 11.3. The van der Waals surface area contributed by atoms with Crippen molar-refractivity contribution in [3.63, 3.8) is 0 Å². The van der Waals surface area contributed by atoms with E-state index in [1.54, 1.807) is 31.3 Å². The van der Waals surface area contributed by atoms with Crippen molar-refractivity contribution in [1.29, 1.82) is 0 Å². The lowest BCUT2D eigenvalue weighted by molar-refractivity contribution is -0.384. The number of rotatable bonds is 5. The quantitative estimate of drug-likeness (QED) is 0.663. The SMILES string of the molecule is CNc1ccc([N+](=O)[O-])c(N(C)Cc2ccccn2)n1. The van der Waals surface area contributed by atoms with E-state index in [4.69, 9.17) is 0 Å². The van der Waals surface area contributed by atoms with Crippen LogP contribution >= 0.6 is 0 Å². The van der Waals surface area contributed by atoms with Gasteiger partial charge in [-0.25, -0.2) is 4.98 Å². The van der Waals surface area contributed by atoms with Gasteiger partial charge in [0.1, 0.15) is 5.82 Å². The Kier molecular flexibility index (Phi) is 4.09. The smallest absolute Gasteiger partial charge is 0.311 e. The molecule has 2 aromatic heterocycles. The summed E-state index contributed by atoms with van der Waals surface area (Å²) < 4.78 is 0. The summed E-state index contributed by atoms with van der Waals surface area (Å²) in [5.74, 6) is 0.894. The Bertz CT molecular complexity index is 603. The Morgan fingerprint density at radius 3 is 2.75 bits per heavy atom. The van der Waals surface area contributed by atoms with Gasteiger partial charge in [0.05, 0.1) is 17.2 Å². The number of nitro groups is 1. The first-order valence-corrected chi connectivity index (χ1v) is 6.06. The van der Waals surface area contributed by atoms with E-state index in [9.17, 15) is 10.1 Å². The summed E-state index contributed by atoms with van der Waals surface area (Å²) in [6.07, 6.45) is 1.69. The minimum atomic E-state index is -0.434. The summed E-state index contributed by atoms with van der Waals surface area (Å²) >= 11 is 0. The number of nitrogens with zero attached hydrogens (tertiary/aromatic N) is 4. The van der Waals surface area contributed by atoms with Crippen molar-refractivity contribution in [2.75, 3.05) is 24.3 Å². The third-order valence-corrected chi connectivity index (χ3v) is 2.79. The molecule has 2 heterocycles. The average Bonchev–Trinajstić information content (AvgIpc) is 2.47. The number of nitrogens with one attached hydrogen (secondary N) is 1. The molecule has 0 fully saturated rings. The van der Waals surface area contributed by atoms with E-state index in [-0.39, 0.29) is 5.69 Å². The fraction of sp³-hybridized carbons (Fsp3) is 0.231. The molecule has 0 unspecified atom stereocenters. The minimum Gasteiger partial charge on any atom is -0.373 e. The summed E-state index contributed by atoms with van der Waals surface area (Å²) in [5, 5.41) is 14.0. The molecule has 0 radical (unpaired) electrons. The Labute approximate surface area is 116 Å². The van der Waals surface area contributed by atoms with Crippen LogP contribution in [0.2, 0.25) is 0 Å². The number of aromatic nitrogens is 2. The predicted octanol–water partition coefficient (Wildman–Crippen LogP) is 2.06. The first-order chi connectivity index (χ1) is 9.61. The highest BCUT2D eigenvalue weighted by Gasteiger charge is 2.19. The van der Waals surface area contributed by atoms with Crippen molar-refractivity contribution in [2.24, 2.45) is 0 Å². The summed E-state index contributed by atoms with van der Waals surface area (Å²) in [4.78, 5) is 20.8. The van der Waals surface area contributed by atoms with Crippen LogP contribution in [-0.2, 0) is 6.54 Å². The molecule has 0 saturated carbocycles. The molecule has 20 heavy (non-hydrogen) atoms. The summed E-state index contributed by atoms with van der Waals surface area (Å²) in [6.45, 7) is 0.446. The topological polar surface area (TPSA) is 84.2 Å². The molecule has 0 amide bonds. The van der Waals surface area contributed by atoms with Crippen LogP contribution in [0.4, 0.5) is 17.3 Å². The largest absolute Gasteiger partial charge is 0.373 e. The average molecular weight is 273 g/mol. The van der Waals surface area contributed by atoms with Gasteiger partial charge in [-0.1, -0.05) is 6.07 Å². The van der Waals surface area contributed by atoms with E-state index in [0.717, 1.165) is 5.69 Å². The van der Waals surface area contributed by atoms with Gasteiger partial charge in [0.15, 0.2) is 0 Å². The van der Waals surface area contributed by atoms with Crippen molar-refractivity contribution < 1.29 is 4.92 Å². The second kappa shape index (κ2) is 5.96. The van der Waals surface area contributed by atoms with Crippen LogP contribution in [-0.4, -0.2) is 29.0 Å². The van der Waals surface area contributed by atoms with E-state index in [1.807, 2.05) is 18.2 Å². The monoisotopic (exact) mass is 273 g/mol. The van der Waals surface area contributed by atoms with Crippen LogP contribution in [0.15, 0.2) is 36.5 Å². The van der Waals surface area contributed by atoms with Gasteiger partial charge >= 0.3 is 5.69 Å². The molecule has 2 rings (SSSR count). The molecule has 1 N–H and O–H groups in total. The van der Waals surface area contributed by atoms with Crippen LogP contribution in [0.3, 0.4) is 0 Å². The van der Waals surface area contributed by atoms with E-state index in [1.165, 1.54) is 6.07 Å². The summed E-state index contributed by atoms with van der Waals surface area (Å²) in [6, 6.07) is 8.59. The number of anilines is 2. The van der Waals surface area contributed by atoms with Crippen LogP contribution in [0.5, 0.6) is 0 Å². The van der Waals surface area contributed by atoms with Gasteiger partial charge in [0, 0.05) is 26.4 Å². The highest BCUT2D eigenvalue weighted by Crippen LogP contribution is 2.27. The first kappa shape index (κ1) is 13.7. The fourth-order valence-electron chi connectivity index (χ4n) is 1.81. The summed E-state index contributed by atoms with van der Waals surface area (Å²) in [5.41, 5.74) is 0.795. The van der Waals surface area contributed by atoms with Gasteiger partial charge in [0.2, 0.25) is 5.82 Å². The molecule has 0 saturated heterocycles. The molecule has 2 aromatic rings. The Balaban J connectivity index is 2.32. The van der Waals surface area contributed by atoms with Crippen LogP contribution in [0.1, 0.15) is 5.69 Å². The van der Waals surface area contributed by atoms with Gasteiger partial charge in [-0.05, 0) is 18.2 Å².